The second-order valence-corrected chi connectivity index (χ2v) is 6.46. The van der Waals surface area contributed by atoms with Crippen molar-refractivity contribution < 1.29 is 19.0 Å². The van der Waals surface area contributed by atoms with Gasteiger partial charge in [-0.05, 0) is 37.1 Å². The molecule has 1 aromatic carbocycles. The topological polar surface area (TPSA) is 58.6 Å². The zero-order valence-corrected chi connectivity index (χ0v) is 13.6. The first-order chi connectivity index (χ1) is 9.87. The van der Waals surface area contributed by atoms with Crippen molar-refractivity contribution in [1.29, 1.82) is 0 Å². The number of ether oxygens (including phenoxy) is 1. The Morgan fingerprint density at radius 3 is 2.86 bits per heavy atom. The van der Waals surface area contributed by atoms with Crippen LogP contribution in [0.15, 0.2) is 22.7 Å². The third-order valence-electron chi connectivity index (χ3n) is 3.91. The summed E-state index contributed by atoms with van der Waals surface area (Å²) in [5, 5.41) is 12.6. The lowest BCUT2D eigenvalue weighted by Crippen LogP contribution is -2.58. The first-order valence-electron chi connectivity index (χ1n) is 6.85. The van der Waals surface area contributed by atoms with Crippen molar-refractivity contribution in [3.05, 3.63) is 34.1 Å². The Morgan fingerprint density at radius 2 is 2.29 bits per heavy atom. The second-order valence-electron chi connectivity index (χ2n) is 5.55. The predicted octanol–water partition coefficient (Wildman–Crippen LogP) is 2.34. The molecule has 1 aliphatic rings. The standard InChI is InChI=1S/C15H19BrFNO3/c1-9-3-12(7-19)15(8-21-9,18-10(2)20)11-4-13(16)6-14(17)5-11/h4-6,9,12,19H,3,7-8H2,1-2H3,(H,18,20)/t9-,12-,15+/m0/s1. The number of benzene rings is 1. The molecule has 2 N–H and O–H groups in total. The maximum atomic E-state index is 13.8. The number of aliphatic hydroxyl groups is 1. The lowest BCUT2D eigenvalue weighted by atomic mass is 9.74. The van der Waals surface area contributed by atoms with Gasteiger partial charge in [0, 0.05) is 23.9 Å². The molecule has 2 rings (SSSR count). The van der Waals surface area contributed by atoms with Gasteiger partial charge in [-0.2, -0.15) is 0 Å². The Balaban J connectivity index is 2.52. The van der Waals surface area contributed by atoms with Crippen molar-refractivity contribution in [3.63, 3.8) is 0 Å². The number of halogens is 2. The van der Waals surface area contributed by atoms with Gasteiger partial charge in [-0.25, -0.2) is 4.39 Å². The van der Waals surface area contributed by atoms with Crippen LogP contribution in [0.2, 0.25) is 0 Å². The van der Waals surface area contributed by atoms with Crippen LogP contribution in [0.1, 0.15) is 25.8 Å². The van der Waals surface area contributed by atoms with Crippen LogP contribution in [-0.2, 0) is 15.1 Å². The van der Waals surface area contributed by atoms with Gasteiger partial charge in [0.1, 0.15) is 5.82 Å². The fraction of sp³-hybridized carbons (Fsp3) is 0.533. The molecule has 1 aliphatic heterocycles. The minimum Gasteiger partial charge on any atom is -0.396 e. The Morgan fingerprint density at radius 1 is 1.57 bits per heavy atom. The molecular weight excluding hydrogens is 341 g/mol. The summed E-state index contributed by atoms with van der Waals surface area (Å²) >= 11 is 3.27. The fourth-order valence-corrected chi connectivity index (χ4v) is 3.41. The number of hydrogen-bond acceptors (Lipinski definition) is 3. The molecule has 116 valence electrons. The molecule has 1 heterocycles. The molecule has 1 amide bonds. The highest BCUT2D eigenvalue weighted by Crippen LogP contribution is 2.39. The van der Waals surface area contributed by atoms with E-state index in [4.69, 9.17) is 4.74 Å². The molecule has 6 heteroatoms. The molecule has 3 atom stereocenters. The van der Waals surface area contributed by atoms with Crippen LogP contribution in [0.5, 0.6) is 0 Å². The zero-order chi connectivity index (χ0) is 15.6. The van der Waals surface area contributed by atoms with E-state index >= 15 is 0 Å². The average Bonchev–Trinajstić information content (AvgIpc) is 2.39. The van der Waals surface area contributed by atoms with Crippen LogP contribution in [0, 0.1) is 11.7 Å². The third-order valence-corrected chi connectivity index (χ3v) is 4.36. The van der Waals surface area contributed by atoms with Crippen molar-refractivity contribution in [2.45, 2.75) is 31.9 Å². The van der Waals surface area contributed by atoms with Gasteiger partial charge in [-0.3, -0.25) is 4.79 Å². The molecule has 0 unspecified atom stereocenters. The van der Waals surface area contributed by atoms with Gasteiger partial charge in [0.15, 0.2) is 0 Å². The zero-order valence-electron chi connectivity index (χ0n) is 12.0. The van der Waals surface area contributed by atoms with Gasteiger partial charge in [-0.15, -0.1) is 0 Å². The molecule has 0 aliphatic carbocycles. The summed E-state index contributed by atoms with van der Waals surface area (Å²) in [6.45, 7) is 3.42. The number of hydrogen-bond donors (Lipinski definition) is 2. The number of rotatable bonds is 3. The number of amides is 1. The van der Waals surface area contributed by atoms with Gasteiger partial charge < -0.3 is 15.2 Å². The minimum absolute atomic E-state index is 0.0129. The van der Waals surface area contributed by atoms with E-state index in [1.54, 1.807) is 6.07 Å². The monoisotopic (exact) mass is 359 g/mol. The average molecular weight is 360 g/mol. The molecular formula is C15H19BrFNO3. The maximum absolute atomic E-state index is 13.8. The molecule has 0 aromatic heterocycles. The highest BCUT2D eigenvalue weighted by molar-refractivity contribution is 9.10. The SMILES string of the molecule is CC(=O)N[C@@]1(c2cc(F)cc(Br)c2)CO[C@@H](C)C[C@H]1CO. The Hall–Kier alpha value is -0.980. The van der Waals surface area contributed by atoms with Crippen molar-refractivity contribution >= 4 is 21.8 Å². The van der Waals surface area contributed by atoms with Crippen molar-refractivity contribution in [1.82, 2.24) is 5.32 Å². The first-order valence-corrected chi connectivity index (χ1v) is 7.64. The van der Waals surface area contributed by atoms with E-state index in [2.05, 4.69) is 21.2 Å². The summed E-state index contributed by atoms with van der Waals surface area (Å²) in [5.74, 6) is -0.884. The molecule has 1 saturated heterocycles. The fourth-order valence-electron chi connectivity index (χ4n) is 2.95. The van der Waals surface area contributed by atoms with Crippen LogP contribution in [0.4, 0.5) is 4.39 Å². The smallest absolute Gasteiger partial charge is 0.217 e. The van der Waals surface area contributed by atoms with Gasteiger partial charge >= 0.3 is 0 Å². The van der Waals surface area contributed by atoms with Crippen molar-refractivity contribution in [2.24, 2.45) is 5.92 Å². The molecule has 0 spiro atoms. The summed E-state index contributed by atoms with van der Waals surface area (Å²) in [7, 11) is 0. The van der Waals surface area contributed by atoms with Crippen molar-refractivity contribution in [3.8, 4) is 0 Å². The van der Waals surface area contributed by atoms with Gasteiger partial charge in [-0.1, -0.05) is 15.9 Å². The summed E-state index contributed by atoms with van der Waals surface area (Å²) < 4.78 is 20.0. The molecule has 4 nitrogen and oxygen atoms in total. The Kier molecular flexibility index (Phi) is 5.01. The van der Waals surface area contributed by atoms with E-state index in [0.717, 1.165) is 0 Å². The summed E-state index contributed by atoms with van der Waals surface area (Å²) in [6, 6.07) is 4.48. The molecule has 0 saturated carbocycles. The summed E-state index contributed by atoms with van der Waals surface area (Å²) in [5.41, 5.74) is -0.326. The Labute approximate surface area is 131 Å². The normalized spacial score (nSPS) is 29.2. The number of aliphatic hydroxyl groups excluding tert-OH is 1. The van der Waals surface area contributed by atoms with E-state index < -0.39 is 11.4 Å². The number of carbonyl (C=O) groups is 1. The number of carbonyl (C=O) groups excluding carboxylic acids is 1. The molecule has 0 radical (unpaired) electrons. The predicted molar refractivity (Wildman–Crippen MR) is 80.2 cm³/mol. The van der Waals surface area contributed by atoms with Crippen LogP contribution in [-0.4, -0.2) is 30.3 Å². The minimum atomic E-state index is -0.919. The maximum Gasteiger partial charge on any atom is 0.217 e. The highest BCUT2D eigenvalue weighted by Gasteiger charge is 2.45. The lowest BCUT2D eigenvalue weighted by Gasteiger charge is -2.46. The molecule has 21 heavy (non-hydrogen) atoms. The molecule has 1 fully saturated rings. The second kappa shape index (κ2) is 6.42. The highest BCUT2D eigenvalue weighted by atomic mass is 79.9. The molecule has 1 aromatic rings. The van der Waals surface area contributed by atoms with Gasteiger partial charge in [0.25, 0.3) is 0 Å². The van der Waals surface area contributed by atoms with Crippen LogP contribution in [0.3, 0.4) is 0 Å². The van der Waals surface area contributed by atoms with Crippen LogP contribution in [0.25, 0.3) is 0 Å². The van der Waals surface area contributed by atoms with E-state index in [0.29, 0.717) is 16.5 Å². The van der Waals surface area contributed by atoms with E-state index in [1.165, 1.54) is 19.1 Å². The van der Waals surface area contributed by atoms with E-state index in [-0.39, 0.29) is 31.1 Å². The van der Waals surface area contributed by atoms with Crippen LogP contribution >= 0.6 is 15.9 Å². The van der Waals surface area contributed by atoms with E-state index in [1.807, 2.05) is 6.92 Å². The first kappa shape index (κ1) is 16.4. The van der Waals surface area contributed by atoms with E-state index in [9.17, 15) is 14.3 Å². The largest absolute Gasteiger partial charge is 0.396 e. The third kappa shape index (κ3) is 3.44. The summed E-state index contributed by atoms with van der Waals surface area (Å²) in [4.78, 5) is 11.6. The molecule has 0 bridgehead atoms. The van der Waals surface area contributed by atoms with Crippen LogP contribution < -0.4 is 5.32 Å². The summed E-state index contributed by atoms with van der Waals surface area (Å²) in [6.07, 6.45) is 0.575. The Bertz CT molecular complexity index is 519. The van der Waals surface area contributed by atoms with Gasteiger partial charge in [0.05, 0.1) is 18.2 Å². The van der Waals surface area contributed by atoms with Gasteiger partial charge in [0.2, 0.25) is 5.91 Å². The quantitative estimate of drug-likeness (QED) is 0.870. The number of nitrogens with one attached hydrogen (secondary N) is 1. The lowest BCUT2D eigenvalue weighted by molar-refractivity contribution is -0.129. The van der Waals surface area contributed by atoms with Crippen molar-refractivity contribution in [2.75, 3.05) is 13.2 Å².